The number of amides is 2. The van der Waals surface area contributed by atoms with Crippen LogP contribution in [0.4, 0.5) is 0 Å². The minimum Gasteiger partial charge on any atom is -0.469 e. The number of rotatable bonds is 8. The third-order valence-electron chi connectivity index (χ3n) is 3.97. The van der Waals surface area contributed by atoms with E-state index in [9.17, 15) is 19.2 Å². The maximum Gasteiger partial charge on any atom is 0.314 e. The highest BCUT2D eigenvalue weighted by Gasteiger charge is 2.49. The van der Waals surface area contributed by atoms with E-state index in [1.165, 1.54) is 24.0 Å². The first kappa shape index (κ1) is 18.9. The summed E-state index contributed by atoms with van der Waals surface area (Å²) in [5.41, 5.74) is -0.791. The summed E-state index contributed by atoms with van der Waals surface area (Å²) in [6.07, 6.45) is 1.22. The Hall–Kier alpha value is -2.12. The highest BCUT2D eigenvalue weighted by molar-refractivity contribution is 6.37. The number of esters is 2. The first-order valence-electron chi connectivity index (χ1n) is 7.53. The van der Waals surface area contributed by atoms with Crippen molar-refractivity contribution in [2.45, 2.75) is 45.2 Å². The van der Waals surface area contributed by atoms with Gasteiger partial charge >= 0.3 is 23.8 Å². The Balaban J connectivity index is 2.64. The number of hydrogen-bond donors (Lipinski definition) is 0. The van der Waals surface area contributed by atoms with Crippen LogP contribution in [-0.2, 0) is 28.7 Å². The number of nitrogens with zero attached hydrogens (tertiary/aromatic N) is 2. The van der Waals surface area contributed by atoms with Gasteiger partial charge in [0.2, 0.25) is 0 Å². The van der Waals surface area contributed by atoms with Gasteiger partial charge in [-0.15, -0.1) is 0 Å². The lowest BCUT2D eigenvalue weighted by Crippen LogP contribution is -2.50. The second-order valence-corrected chi connectivity index (χ2v) is 5.77. The molecule has 0 aromatic carbocycles. The molecule has 0 atom stereocenters. The standard InChI is InChI=1S/C15H24N2O6/c1-15(2)16(9-5-7-11(18)22-3)13(20)14(21)17(15)10-6-8-12(19)23-4/h5-10H2,1-4H3. The first-order chi connectivity index (χ1) is 10.8. The van der Waals surface area contributed by atoms with E-state index < -0.39 is 17.5 Å². The van der Waals surface area contributed by atoms with Gasteiger partial charge in [-0.05, 0) is 26.7 Å². The highest BCUT2D eigenvalue weighted by atomic mass is 16.5. The summed E-state index contributed by atoms with van der Waals surface area (Å²) in [6.45, 7) is 4.12. The molecule has 0 aliphatic carbocycles. The summed E-state index contributed by atoms with van der Waals surface area (Å²) in [5, 5.41) is 0. The smallest absolute Gasteiger partial charge is 0.314 e. The fourth-order valence-electron chi connectivity index (χ4n) is 2.59. The molecule has 1 fully saturated rings. The van der Waals surface area contributed by atoms with E-state index in [1.807, 2.05) is 0 Å². The van der Waals surface area contributed by atoms with Gasteiger partial charge in [0.05, 0.1) is 14.2 Å². The lowest BCUT2D eigenvalue weighted by Gasteiger charge is -2.37. The Labute approximate surface area is 135 Å². The van der Waals surface area contributed by atoms with Gasteiger partial charge in [0.25, 0.3) is 0 Å². The maximum absolute atomic E-state index is 12.2. The van der Waals surface area contributed by atoms with E-state index in [1.54, 1.807) is 13.8 Å². The molecule has 1 heterocycles. The maximum atomic E-state index is 12.2. The summed E-state index contributed by atoms with van der Waals surface area (Å²) in [6, 6.07) is 0. The van der Waals surface area contributed by atoms with Crippen LogP contribution in [0.1, 0.15) is 39.5 Å². The number of hydrogen-bond acceptors (Lipinski definition) is 6. The molecule has 0 bridgehead atoms. The van der Waals surface area contributed by atoms with Gasteiger partial charge in [0.1, 0.15) is 5.66 Å². The molecule has 0 N–H and O–H groups in total. The Morgan fingerprint density at radius 3 is 1.52 bits per heavy atom. The molecule has 2 amide bonds. The Morgan fingerprint density at radius 2 is 1.22 bits per heavy atom. The van der Waals surface area contributed by atoms with Gasteiger partial charge in [-0.25, -0.2) is 0 Å². The minimum absolute atomic E-state index is 0.187. The van der Waals surface area contributed by atoms with Crippen LogP contribution < -0.4 is 0 Å². The van der Waals surface area contributed by atoms with Crippen molar-refractivity contribution in [3.63, 3.8) is 0 Å². The zero-order chi connectivity index (χ0) is 17.6. The number of carbonyl (C=O) groups excluding carboxylic acids is 4. The summed E-state index contributed by atoms with van der Waals surface area (Å²) in [7, 11) is 2.61. The third-order valence-corrected chi connectivity index (χ3v) is 3.97. The highest BCUT2D eigenvalue weighted by Crippen LogP contribution is 2.28. The van der Waals surface area contributed by atoms with Crippen molar-refractivity contribution in [3.05, 3.63) is 0 Å². The molecule has 1 aliphatic rings. The molecule has 0 aromatic heterocycles. The van der Waals surface area contributed by atoms with Crippen molar-refractivity contribution < 1.29 is 28.7 Å². The topological polar surface area (TPSA) is 93.2 Å². The molecule has 23 heavy (non-hydrogen) atoms. The van der Waals surface area contributed by atoms with Gasteiger partial charge in [0, 0.05) is 25.9 Å². The molecular weight excluding hydrogens is 304 g/mol. The van der Waals surface area contributed by atoms with Gasteiger partial charge in [-0.1, -0.05) is 0 Å². The largest absolute Gasteiger partial charge is 0.469 e. The lowest BCUT2D eigenvalue weighted by atomic mass is 10.1. The fourth-order valence-corrected chi connectivity index (χ4v) is 2.59. The SMILES string of the molecule is COC(=O)CCCN1C(=O)C(=O)N(CCCC(=O)OC)C1(C)C. The lowest BCUT2D eigenvalue weighted by molar-refractivity contribution is -0.144. The van der Waals surface area contributed by atoms with E-state index in [2.05, 4.69) is 9.47 Å². The molecule has 1 aliphatic heterocycles. The van der Waals surface area contributed by atoms with Gasteiger partial charge in [0.15, 0.2) is 0 Å². The monoisotopic (exact) mass is 328 g/mol. The predicted molar refractivity (Wildman–Crippen MR) is 80.0 cm³/mol. The summed E-state index contributed by atoms with van der Waals surface area (Å²) >= 11 is 0. The molecule has 8 nitrogen and oxygen atoms in total. The molecule has 0 spiro atoms. The molecular formula is C15H24N2O6. The molecule has 8 heteroatoms. The van der Waals surface area contributed by atoms with E-state index in [-0.39, 0.29) is 24.8 Å². The van der Waals surface area contributed by atoms with E-state index in [0.29, 0.717) is 25.9 Å². The second kappa shape index (κ2) is 7.94. The Bertz CT molecular complexity index is 446. The summed E-state index contributed by atoms with van der Waals surface area (Å²) in [4.78, 5) is 49.5. The molecule has 1 saturated heterocycles. The molecule has 0 radical (unpaired) electrons. The number of ether oxygens (including phenoxy) is 2. The van der Waals surface area contributed by atoms with Crippen LogP contribution in [0.25, 0.3) is 0 Å². The van der Waals surface area contributed by atoms with Crippen molar-refractivity contribution in [1.82, 2.24) is 9.80 Å². The van der Waals surface area contributed by atoms with Gasteiger partial charge in [-0.2, -0.15) is 0 Å². The van der Waals surface area contributed by atoms with E-state index in [0.717, 1.165) is 0 Å². The van der Waals surface area contributed by atoms with Crippen molar-refractivity contribution in [1.29, 1.82) is 0 Å². The molecule has 0 aromatic rings. The van der Waals surface area contributed by atoms with Crippen LogP contribution in [0.3, 0.4) is 0 Å². The van der Waals surface area contributed by atoms with Gasteiger partial charge in [-0.3, -0.25) is 19.2 Å². The predicted octanol–water partition coefficient (Wildman–Crippen LogP) is 0.300. The average Bonchev–Trinajstić information content (AvgIpc) is 2.67. The molecule has 130 valence electrons. The van der Waals surface area contributed by atoms with Crippen LogP contribution >= 0.6 is 0 Å². The van der Waals surface area contributed by atoms with E-state index in [4.69, 9.17) is 0 Å². The average molecular weight is 328 g/mol. The van der Waals surface area contributed by atoms with Crippen molar-refractivity contribution in [2.75, 3.05) is 27.3 Å². The third kappa shape index (κ3) is 4.43. The van der Waals surface area contributed by atoms with Crippen LogP contribution in [0.2, 0.25) is 0 Å². The molecule has 0 saturated carbocycles. The fraction of sp³-hybridized carbons (Fsp3) is 0.733. The molecule has 1 rings (SSSR count). The van der Waals surface area contributed by atoms with Crippen LogP contribution in [0.5, 0.6) is 0 Å². The minimum atomic E-state index is -0.791. The van der Waals surface area contributed by atoms with Crippen LogP contribution in [0.15, 0.2) is 0 Å². The van der Waals surface area contributed by atoms with E-state index >= 15 is 0 Å². The normalized spacial score (nSPS) is 16.7. The number of methoxy groups -OCH3 is 2. The molecule has 0 unspecified atom stereocenters. The zero-order valence-corrected chi connectivity index (χ0v) is 14.1. The van der Waals surface area contributed by atoms with Crippen molar-refractivity contribution in [3.8, 4) is 0 Å². The number of carbonyl (C=O) groups is 4. The van der Waals surface area contributed by atoms with Crippen molar-refractivity contribution >= 4 is 23.8 Å². The zero-order valence-electron chi connectivity index (χ0n) is 14.1. The second-order valence-electron chi connectivity index (χ2n) is 5.77. The Morgan fingerprint density at radius 1 is 0.870 bits per heavy atom. The van der Waals surface area contributed by atoms with Crippen molar-refractivity contribution in [2.24, 2.45) is 0 Å². The quantitative estimate of drug-likeness (QED) is 0.470. The van der Waals surface area contributed by atoms with Gasteiger partial charge < -0.3 is 19.3 Å². The van der Waals surface area contributed by atoms with Crippen LogP contribution in [-0.4, -0.2) is 66.5 Å². The summed E-state index contributed by atoms with van der Waals surface area (Å²) < 4.78 is 9.12. The van der Waals surface area contributed by atoms with Crippen LogP contribution in [0, 0.1) is 0 Å². The summed E-state index contributed by atoms with van der Waals surface area (Å²) in [5.74, 6) is -1.87. The Kier molecular flexibility index (Phi) is 6.53. The first-order valence-corrected chi connectivity index (χ1v) is 7.53.